The summed E-state index contributed by atoms with van der Waals surface area (Å²) in [4.78, 5) is 23.4. The Hall–Kier alpha value is -4.64. The molecule has 0 bridgehead atoms. The molecule has 0 saturated heterocycles. The number of nitrogens with zero attached hydrogens (tertiary/aromatic N) is 5. The third-order valence-electron chi connectivity index (χ3n) is 6.97. The fraction of sp³-hybridized carbons (Fsp3) is 0.172. The van der Waals surface area contributed by atoms with Gasteiger partial charge in [-0.15, -0.1) is 11.3 Å². The number of ether oxygens (including phenoxy) is 1. The van der Waals surface area contributed by atoms with E-state index < -0.39 is 12.7 Å². The van der Waals surface area contributed by atoms with E-state index in [1.54, 1.807) is 28.1 Å². The lowest BCUT2D eigenvalue weighted by Crippen LogP contribution is -2.21. The summed E-state index contributed by atoms with van der Waals surface area (Å²) in [6, 6.07) is 16.0. The Morgan fingerprint density at radius 1 is 1.02 bits per heavy atom. The van der Waals surface area contributed by atoms with Gasteiger partial charge in [-0.25, -0.2) is 14.6 Å². The van der Waals surface area contributed by atoms with Crippen molar-refractivity contribution in [3.05, 3.63) is 93.5 Å². The molecule has 40 heavy (non-hydrogen) atoms. The van der Waals surface area contributed by atoms with Crippen LogP contribution < -0.4 is 16.0 Å². The Morgan fingerprint density at radius 2 is 1.80 bits per heavy atom. The number of thiazole rings is 1. The molecule has 4 heterocycles. The second-order valence-electron chi connectivity index (χ2n) is 9.48. The summed E-state index contributed by atoms with van der Waals surface area (Å²) in [6.07, 6.45) is 1.37. The fourth-order valence-electron chi connectivity index (χ4n) is 5.07. The highest BCUT2D eigenvalue weighted by Crippen LogP contribution is 2.37. The summed E-state index contributed by atoms with van der Waals surface area (Å²) in [5, 5.41) is 7.41. The molecule has 0 radical (unpaired) electrons. The highest BCUT2D eigenvalue weighted by molar-refractivity contribution is 7.15. The van der Waals surface area contributed by atoms with E-state index in [2.05, 4.69) is 14.7 Å². The number of aryl methyl sites for hydroxylation is 2. The third-order valence-corrected chi connectivity index (χ3v) is 7.97. The van der Waals surface area contributed by atoms with Crippen molar-refractivity contribution in [3.8, 4) is 28.1 Å². The number of aromatic nitrogens is 5. The summed E-state index contributed by atoms with van der Waals surface area (Å²) in [5.41, 5.74) is 11.4. The minimum absolute atomic E-state index is 0.0765. The van der Waals surface area contributed by atoms with E-state index in [0.29, 0.717) is 33.4 Å². The number of fused-ring (bicyclic) bond motifs is 2. The quantitative estimate of drug-likeness (QED) is 0.260. The molecule has 0 fully saturated rings. The van der Waals surface area contributed by atoms with E-state index in [1.807, 2.05) is 55.6 Å². The van der Waals surface area contributed by atoms with Gasteiger partial charge in [-0.05, 0) is 61.7 Å². The Bertz CT molecular complexity index is 1950. The molecule has 0 unspecified atom stereocenters. The topological polar surface area (TPSA) is 100 Å². The number of rotatable bonds is 6. The summed E-state index contributed by atoms with van der Waals surface area (Å²) >= 11 is 1.50. The van der Waals surface area contributed by atoms with Crippen molar-refractivity contribution in [1.82, 2.24) is 24.1 Å². The number of alkyl halides is 2. The predicted molar refractivity (Wildman–Crippen MR) is 152 cm³/mol. The number of pyridine rings is 1. The van der Waals surface area contributed by atoms with Crippen molar-refractivity contribution in [2.45, 2.75) is 33.4 Å². The molecule has 2 aromatic carbocycles. The number of anilines is 1. The molecule has 0 saturated carbocycles. The maximum atomic E-state index is 13.9. The summed E-state index contributed by atoms with van der Waals surface area (Å²) in [7, 11) is 0. The molecule has 0 amide bonds. The van der Waals surface area contributed by atoms with Gasteiger partial charge in [0.05, 0.1) is 17.0 Å². The summed E-state index contributed by atoms with van der Waals surface area (Å²) < 4.78 is 33.7. The van der Waals surface area contributed by atoms with Crippen LogP contribution >= 0.6 is 11.3 Å². The normalized spacial score (nSPS) is 12.4. The van der Waals surface area contributed by atoms with E-state index in [-0.39, 0.29) is 17.1 Å². The summed E-state index contributed by atoms with van der Waals surface area (Å²) in [5.74, 6) is 0.310. The van der Waals surface area contributed by atoms with Crippen LogP contribution in [0.4, 0.5) is 14.6 Å². The molecule has 202 valence electrons. The van der Waals surface area contributed by atoms with Crippen molar-refractivity contribution < 1.29 is 13.5 Å². The molecule has 0 aliphatic rings. The second-order valence-corrected chi connectivity index (χ2v) is 10.4. The van der Waals surface area contributed by atoms with E-state index in [1.165, 1.54) is 23.7 Å². The third kappa shape index (κ3) is 4.19. The Labute approximate surface area is 231 Å². The van der Waals surface area contributed by atoms with E-state index >= 15 is 0 Å². The van der Waals surface area contributed by atoms with Crippen LogP contribution in [0.3, 0.4) is 0 Å². The molecular weight excluding hydrogens is 534 g/mol. The number of nitrogen functional groups attached to an aromatic ring is 1. The van der Waals surface area contributed by atoms with E-state index in [4.69, 9.17) is 10.8 Å². The lowest BCUT2D eigenvalue weighted by molar-refractivity contribution is -0.0502. The average Bonchev–Trinajstić information content (AvgIpc) is 3.51. The van der Waals surface area contributed by atoms with Gasteiger partial charge in [-0.2, -0.15) is 13.9 Å². The van der Waals surface area contributed by atoms with Gasteiger partial charge in [0.2, 0.25) is 0 Å². The molecular formula is C29H24F2N6O2S. The van der Waals surface area contributed by atoms with Crippen molar-refractivity contribution >= 4 is 33.0 Å². The molecule has 0 aliphatic heterocycles. The van der Waals surface area contributed by atoms with Crippen molar-refractivity contribution in [1.29, 1.82) is 0 Å². The van der Waals surface area contributed by atoms with Crippen LogP contribution in [0.15, 0.2) is 71.1 Å². The Morgan fingerprint density at radius 3 is 2.52 bits per heavy atom. The van der Waals surface area contributed by atoms with Gasteiger partial charge in [0.25, 0.3) is 5.56 Å². The lowest BCUT2D eigenvalue weighted by atomic mass is 9.97. The molecule has 6 aromatic rings. The first kappa shape index (κ1) is 25.6. The largest absolute Gasteiger partial charge is 0.435 e. The van der Waals surface area contributed by atoms with Gasteiger partial charge in [-0.1, -0.05) is 30.3 Å². The van der Waals surface area contributed by atoms with Gasteiger partial charge >= 0.3 is 6.61 Å². The van der Waals surface area contributed by atoms with Crippen LogP contribution in [0.25, 0.3) is 38.2 Å². The number of hydrogen-bond donors (Lipinski definition) is 1. The molecule has 1 atom stereocenters. The minimum Gasteiger partial charge on any atom is -0.435 e. The zero-order valence-electron chi connectivity index (χ0n) is 21.8. The van der Waals surface area contributed by atoms with Crippen molar-refractivity contribution in [3.63, 3.8) is 0 Å². The number of hydrogen-bond acceptors (Lipinski definition) is 7. The molecule has 6 rings (SSSR count). The first-order valence-corrected chi connectivity index (χ1v) is 13.4. The van der Waals surface area contributed by atoms with Gasteiger partial charge in [0.1, 0.15) is 28.4 Å². The van der Waals surface area contributed by atoms with Gasteiger partial charge in [0.15, 0.2) is 5.65 Å². The van der Waals surface area contributed by atoms with Crippen LogP contribution in [0, 0.1) is 13.8 Å². The van der Waals surface area contributed by atoms with Crippen LogP contribution in [0.2, 0.25) is 0 Å². The fourth-order valence-corrected chi connectivity index (χ4v) is 6.00. The smallest absolute Gasteiger partial charge is 0.387 e. The number of nitrogens with two attached hydrogens (primary N) is 1. The summed E-state index contributed by atoms with van der Waals surface area (Å²) in [6.45, 7) is 2.62. The zero-order chi connectivity index (χ0) is 28.1. The molecule has 0 aliphatic carbocycles. The molecule has 11 heteroatoms. The standard InChI is InChI=1S/C29H24F2N6O2S/c1-15-11-19(9-10-21(15)39-29(30)31)25-24-26(32)33-14-34-27(24)37(35-25)17(3)20-12-22-36(16(2)13-40-22)28(38)23(20)18-7-5-4-6-8-18/h4-14,17,29H,1-3H3,(H2,32,33,34)/t17-/m0/s1. The molecule has 0 spiro atoms. The first-order chi connectivity index (χ1) is 19.2. The molecule has 4 aromatic heterocycles. The molecule has 2 N–H and O–H groups in total. The van der Waals surface area contributed by atoms with Crippen LogP contribution in [0.1, 0.15) is 29.8 Å². The van der Waals surface area contributed by atoms with Crippen LogP contribution in [-0.4, -0.2) is 30.8 Å². The van der Waals surface area contributed by atoms with Gasteiger partial charge in [-0.3, -0.25) is 9.20 Å². The average molecular weight is 559 g/mol. The van der Waals surface area contributed by atoms with Gasteiger partial charge < -0.3 is 10.5 Å². The Kier molecular flexibility index (Phi) is 6.30. The van der Waals surface area contributed by atoms with Crippen LogP contribution in [-0.2, 0) is 0 Å². The lowest BCUT2D eigenvalue weighted by Gasteiger charge is -2.18. The van der Waals surface area contributed by atoms with E-state index in [0.717, 1.165) is 21.7 Å². The second kappa shape index (κ2) is 9.83. The number of halogens is 2. The Balaban J connectivity index is 1.58. The highest BCUT2D eigenvalue weighted by atomic mass is 32.1. The maximum Gasteiger partial charge on any atom is 0.387 e. The monoisotopic (exact) mass is 558 g/mol. The maximum absolute atomic E-state index is 13.9. The zero-order valence-corrected chi connectivity index (χ0v) is 22.6. The molecule has 8 nitrogen and oxygen atoms in total. The van der Waals surface area contributed by atoms with Gasteiger partial charge in [0, 0.05) is 16.6 Å². The highest BCUT2D eigenvalue weighted by Gasteiger charge is 2.25. The van der Waals surface area contributed by atoms with Crippen LogP contribution in [0.5, 0.6) is 5.75 Å². The predicted octanol–water partition coefficient (Wildman–Crippen LogP) is 6.24. The van der Waals surface area contributed by atoms with Crippen molar-refractivity contribution in [2.24, 2.45) is 0 Å². The van der Waals surface area contributed by atoms with Crippen molar-refractivity contribution in [2.75, 3.05) is 5.73 Å². The SMILES string of the molecule is Cc1cc(-c2nn([C@@H](C)c3cc4scc(C)n4c(=O)c3-c3ccccc3)c3ncnc(N)c23)ccc1OC(F)F. The van der Waals surface area contributed by atoms with E-state index in [9.17, 15) is 13.6 Å². The minimum atomic E-state index is -2.93. The number of benzene rings is 2. The first-order valence-electron chi connectivity index (χ1n) is 12.5.